The normalized spacial score (nSPS) is 11.3. The van der Waals surface area contributed by atoms with Crippen molar-refractivity contribution in [1.82, 2.24) is 15.0 Å². The van der Waals surface area contributed by atoms with Crippen molar-refractivity contribution in [3.8, 4) is 0 Å². The summed E-state index contributed by atoms with van der Waals surface area (Å²) in [6, 6.07) is 13.4. The Hall–Kier alpha value is -2.43. The van der Waals surface area contributed by atoms with Crippen LogP contribution in [-0.2, 0) is 4.57 Å². The zero-order valence-electron chi connectivity index (χ0n) is 15.6. The molecule has 0 saturated carbocycles. The molecule has 0 aliphatic heterocycles. The van der Waals surface area contributed by atoms with Gasteiger partial charge in [-0.2, -0.15) is 15.0 Å². The summed E-state index contributed by atoms with van der Waals surface area (Å²) in [6.07, 6.45) is 0. The molecule has 1 heterocycles. The molecule has 0 atom stereocenters. The molecule has 3 aromatic rings. The van der Waals surface area contributed by atoms with Gasteiger partial charge in [0.05, 0.1) is 0 Å². The van der Waals surface area contributed by atoms with Crippen LogP contribution in [0.5, 0.6) is 0 Å². The molecule has 0 unspecified atom stereocenters. The number of nitrogens with one attached hydrogen (secondary N) is 2. The van der Waals surface area contributed by atoms with E-state index in [9.17, 15) is 4.57 Å². The van der Waals surface area contributed by atoms with Crippen molar-refractivity contribution in [1.29, 1.82) is 0 Å². The molecule has 140 valence electrons. The number of rotatable bonds is 5. The highest BCUT2D eigenvalue weighted by atomic mass is 35.5. The van der Waals surface area contributed by atoms with Gasteiger partial charge in [-0.05, 0) is 86.3 Å². The fourth-order valence-corrected chi connectivity index (χ4v) is 3.70. The third-order valence-electron chi connectivity index (χ3n) is 3.83. The first-order chi connectivity index (χ1) is 12.7. The van der Waals surface area contributed by atoms with Crippen LogP contribution in [0.4, 0.5) is 23.3 Å². The largest absolute Gasteiger partial charge is 0.324 e. The van der Waals surface area contributed by atoms with Gasteiger partial charge in [0.1, 0.15) is 7.14 Å². The third kappa shape index (κ3) is 5.28. The van der Waals surface area contributed by atoms with E-state index in [2.05, 4.69) is 31.7 Å². The number of benzene rings is 2. The minimum absolute atomic E-state index is 0.0858. The first-order valence-corrected chi connectivity index (χ1v) is 11.4. The van der Waals surface area contributed by atoms with E-state index in [-0.39, 0.29) is 5.28 Å². The van der Waals surface area contributed by atoms with Crippen LogP contribution in [0.1, 0.15) is 11.1 Å². The van der Waals surface area contributed by atoms with Crippen molar-refractivity contribution in [2.45, 2.75) is 13.8 Å². The number of hydrogen-bond donors (Lipinski definition) is 2. The van der Waals surface area contributed by atoms with Crippen molar-refractivity contribution < 1.29 is 4.57 Å². The summed E-state index contributed by atoms with van der Waals surface area (Å²) in [7, 11) is -2.28. The Balaban J connectivity index is 1.82. The summed E-state index contributed by atoms with van der Waals surface area (Å²) in [4.78, 5) is 12.6. The molecule has 2 aromatic carbocycles. The van der Waals surface area contributed by atoms with E-state index in [1.807, 2.05) is 50.2 Å². The van der Waals surface area contributed by atoms with Gasteiger partial charge in [-0.25, -0.2) is 0 Å². The van der Waals surface area contributed by atoms with Crippen LogP contribution >= 0.6 is 18.7 Å². The monoisotopic (exact) mass is 401 g/mol. The van der Waals surface area contributed by atoms with Crippen molar-refractivity contribution >= 4 is 47.3 Å². The number of hydrogen-bond acceptors (Lipinski definition) is 6. The Labute approximate surface area is 163 Å². The van der Waals surface area contributed by atoms with Crippen molar-refractivity contribution in [3.05, 3.63) is 58.9 Å². The predicted octanol–water partition coefficient (Wildman–Crippen LogP) is 4.88. The van der Waals surface area contributed by atoms with E-state index >= 15 is 0 Å². The molecular weight excluding hydrogens is 381 g/mol. The van der Waals surface area contributed by atoms with Crippen LogP contribution in [0.15, 0.2) is 42.5 Å². The Morgan fingerprint density at radius 3 is 1.85 bits per heavy atom. The van der Waals surface area contributed by atoms with Gasteiger partial charge in [0.25, 0.3) is 0 Å². The molecule has 1 aromatic heterocycles. The van der Waals surface area contributed by atoms with Crippen LogP contribution in [0.2, 0.25) is 5.28 Å². The molecule has 0 fully saturated rings. The zero-order valence-corrected chi connectivity index (χ0v) is 17.3. The highest BCUT2D eigenvalue weighted by Crippen LogP contribution is 2.34. The Morgan fingerprint density at radius 1 is 0.815 bits per heavy atom. The zero-order chi connectivity index (χ0) is 19.6. The van der Waals surface area contributed by atoms with Gasteiger partial charge in [0.2, 0.25) is 17.2 Å². The molecule has 8 heteroatoms. The molecule has 0 bridgehead atoms. The maximum Gasteiger partial charge on any atom is 0.233 e. The average Bonchev–Trinajstić information content (AvgIpc) is 2.52. The first kappa shape index (κ1) is 19.3. The standard InChI is InChI=1S/C19H21ClN5OP/c1-12-9-13(2)11-15(10-12)22-19-24-17(20)23-18(25-19)21-14-5-7-16(8-6-14)27(3,4)26/h5-11H,1-4H3,(H2,21,22,23,24,25). The molecule has 0 radical (unpaired) electrons. The van der Waals surface area contributed by atoms with E-state index in [0.29, 0.717) is 11.9 Å². The molecule has 0 spiro atoms. The fraction of sp³-hybridized carbons (Fsp3) is 0.211. The van der Waals surface area contributed by atoms with E-state index in [1.165, 1.54) is 0 Å². The molecule has 0 saturated heterocycles. The van der Waals surface area contributed by atoms with Gasteiger partial charge in [-0.3, -0.25) is 0 Å². The summed E-state index contributed by atoms with van der Waals surface area (Å²) in [5.74, 6) is 0.677. The molecule has 6 nitrogen and oxygen atoms in total. The minimum Gasteiger partial charge on any atom is -0.324 e. The Kier molecular flexibility index (Phi) is 5.49. The highest BCUT2D eigenvalue weighted by Gasteiger charge is 2.11. The average molecular weight is 402 g/mol. The lowest BCUT2D eigenvalue weighted by Crippen LogP contribution is -2.06. The second kappa shape index (κ2) is 7.67. The summed E-state index contributed by atoms with van der Waals surface area (Å²) in [5, 5.41) is 7.16. The van der Waals surface area contributed by atoms with Gasteiger partial charge < -0.3 is 15.2 Å². The summed E-state index contributed by atoms with van der Waals surface area (Å²) in [6.45, 7) is 7.54. The fourth-order valence-electron chi connectivity index (χ4n) is 2.67. The van der Waals surface area contributed by atoms with E-state index in [4.69, 9.17) is 11.6 Å². The maximum absolute atomic E-state index is 12.1. The number of anilines is 4. The molecule has 0 aliphatic rings. The number of aromatic nitrogens is 3. The second-order valence-electron chi connectivity index (χ2n) is 6.78. The third-order valence-corrected chi connectivity index (χ3v) is 5.54. The molecule has 0 amide bonds. The molecular formula is C19H21ClN5OP. The highest BCUT2D eigenvalue weighted by molar-refractivity contribution is 7.70. The van der Waals surface area contributed by atoms with Crippen molar-refractivity contribution in [3.63, 3.8) is 0 Å². The Bertz CT molecular complexity index is 997. The van der Waals surface area contributed by atoms with Gasteiger partial charge >= 0.3 is 0 Å². The SMILES string of the molecule is Cc1cc(C)cc(Nc2nc(Cl)nc(Nc3ccc(P(C)(C)=O)cc3)n2)c1. The van der Waals surface area contributed by atoms with Crippen LogP contribution in [-0.4, -0.2) is 28.3 Å². The molecule has 2 N–H and O–H groups in total. The lowest BCUT2D eigenvalue weighted by Gasteiger charge is -2.11. The maximum atomic E-state index is 12.1. The number of halogens is 1. The molecule has 27 heavy (non-hydrogen) atoms. The van der Waals surface area contributed by atoms with Gasteiger partial charge in [0.15, 0.2) is 0 Å². The van der Waals surface area contributed by atoms with Crippen LogP contribution < -0.4 is 15.9 Å². The van der Waals surface area contributed by atoms with Gasteiger partial charge in [-0.15, -0.1) is 0 Å². The lowest BCUT2D eigenvalue weighted by molar-refractivity contribution is 0.588. The summed E-state index contributed by atoms with van der Waals surface area (Å²) in [5.41, 5.74) is 3.93. The Morgan fingerprint density at radius 2 is 1.33 bits per heavy atom. The first-order valence-electron chi connectivity index (χ1n) is 8.38. The summed E-state index contributed by atoms with van der Waals surface area (Å²) >= 11 is 6.05. The van der Waals surface area contributed by atoms with Gasteiger partial charge in [0, 0.05) is 16.7 Å². The van der Waals surface area contributed by atoms with Crippen LogP contribution in [0, 0.1) is 13.8 Å². The summed E-state index contributed by atoms with van der Waals surface area (Å²) < 4.78 is 12.1. The van der Waals surface area contributed by atoms with Crippen molar-refractivity contribution in [2.24, 2.45) is 0 Å². The van der Waals surface area contributed by atoms with E-state index in [0.717, 1.165) is 27.8 Å². The second-order valence-corrected chi connectivity index (χ2v) is 10.3. The van der Waals surface area contributed by atoms with Crippen molar-refractivity contribution in [2.75, 3.05) is 24.0 Å². The smallest absolute Gasteiger partial charge is 0.233 e. The number of aryl methyl sites for hydroxylation is 2. The lowest BCUT2D eigenvalue weighted by atomic mass is 10.1. The van der Waals surface area contributed by atoms with E-state index < -0.39 is 7.14 Å². The van der Waals surface area contributed by atoms with E-state index in [1.54, 1.807) is 13.3 Å². The quantitative estimate of drug-likeness (QED) is 0.593. The minimum atomic E-state index is -2.28. The van der Waals surface area contributed by atoms with Crippen LogP contribution in [0.3, 0.4) is 0 Å². The predicted molar refractivity (Wildman–Crippen MR) is 113 cm³/mol. The molecule has 3 rings (SSSR count). The topological polar surface area (TPSA) is 79.8 Å². The van der Waals surface area contributed by atoms with Crippen LogP contribution in [0.25, 0.3) is 0 Å². The molecule has 0 aliphatic carbocycles. The van der Waals surface area contributed by atoms with Gasteiger partial charge in [-0.1, -0.05) is 6.07 Å². The number of nitrogens with zero attached hydrogens (tertiary/aromatic N) is 3.